The van der Waals surface area contributed by atoms with Crippen LogP contribution in [0.4, 0.5) is 0 Å². The van der Waals surface area contributed by atoms with Crippen molar-refractivity contribution in [2.75, 3.05) is 6.61 Å². The highest BCUT2D eigenvalue weighted by molar-refractivity contribution is 6.21. The number of esters is 1. The molecule has 1 N–H and O–H groups in total. The van der Waals surface area contributed by atoms with Crippen LogP contribution >= 0.6 is 11.6 Å². The Morgan fingerprint density at radius 1 is 1.03 bits per heavy atom. The average molecular weight is 509 g/mol. The van der Waals surface area contributed by atoms with Crippen molar-refractivity contribution < 1.29 is 24.1 Å². The van der Waals surface area contributed by atoms with Crippen LogP contribution in [-0.4, -0.2) is 47.2 Å². The van der Waals surface area contributed by atoms with Gasteiger partial charge in [0.25, 0.3) is 0 Å². The van der Waals surface area contributed by atoms with Crippen LogP contribution in [0.3, 0.4) is 0 Å². The van der Waals surface area contributed by atoms with Gasteiger partial charge in [0.15, 0.2) is 5.79 Å². The second-order valence-electron chi connectivity index (χ2n) is 13.8. The van der Waals surface area contributed by atoms with E-state index in [-0.39, 0.29) is 40.8 Å². The first kappa shape index (κ1) is 24.9. The molecule has 2 saturated heterocycles. The van der Waals surface area contributed by atoms with Gasteiger partial charge in [-0.25, -0.2) is 0 Å². The molecule has 14 atom stereocenters. The molecule has 0 radical (unpaired) electrons. The second-order valence-corrected chi connectivity index (χ2v) is 14.3. The molecule has 4 aliphatic carbocycles. The maximum absolute atomic E-state index is 11.6. The Morgan fingerprint density at radius 2 is 1.77 bits per heavy atom. The number of carbonyl (C=O) groups is 1. The van der Waals surface area contributed by atoms with E-state index in [1.165, 1.54) is 32.1 Å². The van der Waals surface area contributed by atoms with Gasteiger partial charge >= 0.3 is 5.97 Å². The number of ether oxygens (including phenoxy) is 3. The van der Waals surface area contributed by atoms with Crippen LogP contribution in [0.2, 0.25) is 0 Å². The first-order valence-corrected chi connectivity index (χ1v) is 14.8. The summed E-state index contributed by atoms with van der Waals surface area (Å²) in [4.78, 5) is 11.6. The van der Waals surface area contributed by atoms with Gasteiger partial charge in [0.2, 0.25) is 0 Å². The van der Waals surface area contributed by atoms with Crippen LogP contribution in [0.15, 0.2) is 0 Å². The monoisotopic (exact) mass is 508 g/mol. The second kappa shape index (κ2) is 8.32. The van der Waals surface area contributed by atoms with Crippen molar-refractivity contribution >= 4 is 17.6 Å². The van der Waals surface area contributed by atoms with Crippen molar-refractivity contribution in [2.45, 2.75) is 115 Å². The van der Waals surface area contributed by atoms with E-state index in [1.54, 1.807) is 6.92 Å². The van der Waals surface area contributed by atoms with E-state index in [4.69, 9.17) is 25.8 Å². The van der Waals surface area contributed by atoms with E-state index in [0.717, 1.165) is 31.1 Å². The normalized spacial score (nSPS) is 59.3. The Bertz CT molecular complexity index is 866. The minimum atomic E-state index is -0.947. The third kappa shape index (κ3) is 3.39. The van der Waals surface area contributed by atoms with Gasteiger partial charge in [0, 0.05) is 12.8 Å². The zero-order valence-electron chi connectivity index (χ0n) is 22.2. The minimum absolute atomic E-state index is 0.114. The number of hydrogen-bond acceptors (Lipinski definition) is 5. The smallest absolute Gasteiger partial charge is 0.302 e. The van der Waals surface area contributed by atoms with Gasteiger partial charge in [0.1, 0.15) is 12.2 Å². The highest BCUT2D eigenvalue weighted by atomic mass is 35.5. The highest BCUT2D eigenvalue weighted by Gasteiger charge is 2.71. The maximum atomic E-state index is 11.6. The Hall–Kier alpha value is -0.360. The van der Waals surface area contributed by atoms with E-state index < -0.39 is 11.9 Å². The van der Waals surface area contributed by atoms with Gasteiger partial charge in [-0.2, -0.15) is 0 Å². The highest BCUT2D eigenvalue weighted by Crippen LogP contribution is 2.71. The van der Waals surface area contributed by atoms with Crippen molar-refractivity contribution in [3.63, 3.8) is 0 Å². The summed E-state index contributed by atoms with van der Waals surface area (Å²) in [5.41, 5.74) is 0.581. The Morgan fingerprint density at radius 3 is 2.51 bits per heavy atom. The molecule has 5 nitrogen and oxygen atoms in total. The third-order valence-corrected chi connectivity index (χ3v) is 13.0. The molecule has 6 rings (SSSR count). The fraction of sp³-hybridized carbons (Fsp3) is 0.966. The molecule has 0 aromatic heterocycles. The molecule has 0 bridgehead atoms. The largest absolute Gasteiger partial charge is 0.463 e. The topological polar surface area (TPSA) is 65.0 Å². The van der Waals surface area contributed by atoms with Gasteiger partial charge in [0.05, 0.1) is 18.1 Å². The molecule has 4 saturated carbocycles. The molecule has 0 aromatic rings. The number of aliphatic hydroxyl groups excluding tert-OH is 1. The van der Waals surface area contributed by atoms with Crippen molar-refractivity contribution in [2.24, 2.45) is 52.3 Å². The Labute approximate surface area is 216 Å². The van der Waals surface area contributed by atoms with E-state index >= 15 is 0 Å². The van der Waals surface area contributed by atoms with Crippen LogP contribution in [0.1, 0.15) is 86.0 Å². The third-order valence-electron chi connectivity index (χ3n) is 12.4. The van der Waals surface area contributed by atoms with Crippen LogP contribution in [0.25, 0.3) is 0 Å². The molecule has 2 heterocycles. The summed E-state index contributed by atoms with van der Waals surface area (Å²) < 4.78 is 18.8. The molecular weight excluding hydrogens is 464 g/mol. The van der Waals surface area contributed by atoms with E-state index in [2.05, 4.69) is 20.8 Å². The van der Waals surface area contributed by atoms with Gasteiger partial charge in [-0.05, 0) is 97.7 Å². The molecule has 6 fully saturated rings. The number of alkyl halides is 1. The maximum Gasteiger partial charge on any atom is 0.302 e. The summed E-state index contributed by atoms with van der Waals surface area (Å²) in [6.45, 7) is 11.5. The SMILES string of the molecule is CC(=O)O[C@H]1CC[C@@]2(C)[C@@H](CC[C@@H]3[C@@H]2CC[C@]2(C)[C@@H]4[C@H](C[C@@H]32)O[C@@]2(OC[C@H](C)[C@@H](Cl)[C@@H]2O)[C@H]4C)C1. The molecule has 2 aliphatic heterocycles. The van der Waals surface area contributed by atoms with Crippen LogP contribution < -0.4 is 0 Å². The van der Waals surface area contributed by atoms with E-state index in [1.807, 2.05) is 6.92 Å². The van der Waals surface area contributed by atoms with Gasteiger partial charge in [-0.1, -0.05) is 27.7 Å². The summed E-state index contributed by atoms with van der Waals surface area (Å²) in [6.07, 6.45) is 8.86. The first-order valence-electron chi connectivity index (χ1n) is 14.3. The van der Waals surface area contributed by atoms with Crippen molar-refractivity contribution in [1.82, 2.24) is 0 Å². The average Bonchev–Trinajstić information content (AvgIpc) is 3.26. The van der Waals surface area contributed by atoms with Gasteiger partial charge in [-0.3, -0.25) is 4.79 Å². The number of aliphatic hydroxyl groups is 1. The molecule has 198 valence electrons. The van der Waals surface area contributed by atoms with Crippen LogP contribution in [-0.2, 0) is 19.0 Å². The zero-order chi connectivity index (χ0) is 24.9. The fourth-order valence-electron chi connectivity index (χ4n) is 10.7. The minimum Gasteiger partial charge on any atom is -0.463 e. The molecule has 1 spiro atoms. The van der Waals surface area contributed by atoms with Crippen LogP contribution in [0, 0.1) is 52.3 Å². The lowest BCUT2D eigenvalue weighted by Crippen LogP contribution is -2.61. The summed E-state index contributed by atoms with van der Waals surface area (Å²) in [5.74, 6) is 2.43. The summed E-state index contributed by atoms with van der Waals surface area (Å²) in [7, 11) is 0. The van der Waals surface area contributed by atoms with E-state index in [9.17, 15) is 9.90 Å². The standard InChI is InChI=1S/C29H45ClO5/c1-15-14-33-29(26(32)25(15)30)16(2)24-23(35-29)13-22-20-7-6-18-12-19(34-17(3)31)8-10-27(18,4)21(20)9-11-28(22,24)5/h15-16,18-26,32H,6-14H2,1-5H3/t15-,16-,18-,19-,20+,21-,22-,23-,24-,25+,26-,27-,28-,29-/m0/s1. The Balaban J connectivity index is 1.22. The quantitative estimate of drug-likeness (QED) is 0.371. The number of rotatable bonds is 1. The lowest BCUT2D eigenvalue weighted by molar-refractivity contribution is -0.314. The summed E-state index contributed by atoms with van der Waals surface area (Å²) >= 11 is 6.65. The molecule has 0 aromatic carbocycles. The lowest BCUT2D eigenvalue weighted by Gasteiger charge is -2.61. The van der Waals surface area contributed by atoms with Gasteiger partial charge < -0.3 is 19.3 Å². The number of hydrogen-bond donors (Lipinski definition) is 1. The first-order chi connectivity index (χ1) is 16.5. The Kier molecular flexibility index (Phi) is 5.93. The lowest BCUT2D eigenvalue weighted by atomic mass is 9.44. The zero-order valence-corrected chi connectivity index (χ0v) is 22.9. The molecule has 0 amide bonds. The molecule has 6 aliphatic rings. The number of halogens is 1. The molecular formula is C29H45ClO5. The van der Waals surface area contributed by atoms with Crippen molar-refractivity contribution in [1.29, 1.82) is 0 Å². The number of carbonyl (C=O) groups excluding carboxylic acids is 1. The predicted octanol–water partition coefficient (Wildman–Crippen LogP) is 5.55. The summed E-state index contributed by atoms with van der Waals surface area (Å²) in [6, 6.07) is 0. The molecule has 35 heavy (non-hydrogen) atoms. The number of fused-ring (bicyclic) bond motifs is 7. The van der Waals surface area contributed by atoms with Crippen molar-refractivity contribution in [3.05, 3.63) is 0 Å². The fourth-order valence-corrected chi connectivity index (χ4v) is 10.9. The predicted molar refractivity (Wildman–Crippen MR) is 134 cm³/mol. The van der Waals surface area contributed by atoms with Gasteiger partial charge in [-0.15, -0.1) is 11.6 Å². The van der Waals surface area contributed by atoms with Crippen LogP contribution in [0.5, 0.6) is 0 Å². The van der Waals surface area contributed by atoms with E-state index in [0.29, 0.717) is 29.8 Å². The molecule has 0 unspecified atom stereocenters. The molecule has 6 heteroatoms. The summed E-state index contributed by atoms with van der Waals surface area (Å²) in [5, 5.41) is 10.9. The van der Waals surface area contributed by atoms with Crippen molar-refractivity contribution in [3.8, 4) is 0 Å².